The van der Waals surface area contributed by atoms with Crippen LogP contribution in [0.1, 0.15) is 28.0 Å². The van der Waals surface area contributed by atoms with E-state index in [4.69, 9.17) is 0 Å². The van der Waals surface area contributed by atoms with Gasteiger partial charge in [-0.15, -0.1) is 0 Å². The third kappa shape index (κ3) is 4.11. The number of aliphatic hydroxyl groups is 2. The normalized spacial score (nSPS) is 26.0. The van der Waals surface area contributed by atoms with Crippen LogP contribution in [0.15, 0.2) is 48.7 Å². The lowest BCUT2D eigenvalue weighted by Gasteiger charge is -2.51. The molecule has 0 unspecified atom stereocenters. The van der Waals surface area contributed by atoms with Crippen LogP contribution in [-0.2, 0) is 12.2 Å². The van der Waals surface area contributed by atoms with E-state index < -0.39 is 5.60 Å². The number of likely N-dealkylation sites (tertiary alicyclic amines) is 1. The van der Waals surface area contributed by atoms with Crippen molar-refractivity contribution in [2.75, 3.05) is 46.3 Å². The lowest BCUT2D eigenvalue weighted by Crippen LogP contribution is -2.64. The molecule has 0 aliphatic carbocycles. The quantitative estimate of drug-likeness (QED) is 0.781. The molecule has 0 spiro atoms. The van der Waals surface area contributed by atoms with Crippen molar-refractivity contribution in [2.24, 2.45) is 0 Å². The van der Waals surface area contributed by atoms with Gasteiger partial charge in [-0.05, 0) is 36.7 Å². The van der Waals surface area contributed by atoms with Gasteiger partial charge >= 0.3 is 0 Å². The average Bonchev–Trinajstić information content (AvgIpc) is 2.80. The number of piperazine rings is 1. The number of amides is 1. The Kier molecular flexibility index (Phi) is 6.15. The number of hydrogen-bond donors (Lipinski definition) is 2. The van der Waals surface area contributed by atoms with Gasteiger partial charge in [-0.2, -0.15) is 0 Å². The Balaban J connectivity index is 1.61. The van der Waals surface area contributed by atoms with Crippen LogP contribution >= 0.6 is 0 Å². The van der Waals surface area contributed by atoms with Gasteiger partial charge < -0.3 is 20.0 Å². The van der Waals surface area contributed by atoms with Crippen LogP contribution in [-0.4, -0.2) is 88.2 Å². The Bertz CT molecular complexity index is 870. The number of aromatic nitrogens is 1. The van der Waals surface area contributed by atoms with E-state index in [1.165, 1.54) is 0 Å². The maximum absolute atomic E-state index is 13.2. The summed E-state index contributed by atoms with van der Waals surface area (Å²) in [5.74, 6) is -0.153. The van der Waals surface area contributed by atoms with Gasteiger partial charge in [0.15, 0.2) is 0 Å². The monoisotopic (exact) mass is 410 g/mol. The molecule has 0 radical (unpaired) electrons. The Morgan fingerprint density at radius 2 is 1.87 bits per heavy atom. The number of aliphatic hydroxyl groups excluding tert-OH is 1. The van der Waals surface area contributed by atoms with Crippen molar-refractivity contribution in [1.82, 2.24) is 19.7 Å². The lowest BCUT2D eigenvalue weighted by atomic mass is 9.79. The van der Waals surface area contributed by atoms with Gasteiger partial charge in [-0.1, -0.05) is 30.3 Å². The molecule has 30 heavy (non-hydrogen) atoms. The highest BCUT2D eigenvalue weighted by molar-refractivity contribution is 5.92. The minimum atomic E-state index is -1.01. The molecule has 160 valence electrons. The molecule has 0 bridgehead atoms. The number of benzene rings is 1. The van der Waals surface area contributed by atoms with Crippen molar-refractivity contribution in [3.63, 3.8) is 0 Å². The number of likely N-dealkylation sites (N-methyl/N-ethyl adjacent to an activating group) is 1. The largest absolute Gasteiger partial charge is 0.392 e. The smallest absolute Gasteiger partial charge is 0.272 e. The standard InChI is InChI=1S/C23H30N4O3/c1-25-11-13-26(14-12-25)21-16-27(22(29)20-15-18(17-28)7-9-24-20)10-8-23(21,30)19-5-3-2-4-6-19/h2-7,9,15,21,28,30H,8,10-14,16-17H2,1H3/t21-,23+/m1/s1. The zero-order chi connectivity index (χ0) is 21.1. The van der Waals surface area contributed by atoms with Crippen LogP contribution in [0.4, 0.5) is 0 Å². The van der Waals surface area contributed by atoms with Crippen LogP contribution in [0.3, 0.4) is 0 Å². The van der Waals surface area contributed by atoms with Gasteiger partial charge in [0.1, 0.15) is 11.3 Å². The summed E-state index contributed by atoms with van der Waals surface area (Å²) in [6.07, 6.45) is 2.03. The summed E-state index contributed by atoms with van der Waals surface area (Å²) in [4.78, 5) is 23.8. The Labute approximate surface area is 177 Å². The van der Waals surface area contributed by atoms with Gasteiger partial charge in [0, 0.05) is 45.5 Å². The Hall–Kier alpha value is -2.32. The van der Waals surface area contributed by atoms with E-state index in [1.54, 1.807) is 23.2 Å². The van der Waals surface area contributed by atoms with Gasteiger partial charge in [-0.3, -0.25) is 14.7 Å². The van der Waals surface area contributed by atoms with Gasteiger partial charge in [0.05, 0.1) is 12.6 Å². The molecular formula is C23H30N4O3. The van der Waals surface area contributed by atoms with Crippen molar-refractivity contribution < 1.29 is 15.0 Å². The highest BCUT2D eigenvalue weighted by atomic mass is 16.3. The molecule has 2 N–H and O–H groups in total. The third-order valence-corrected chi connectivity index (χ3v) is 6.47. The van der Waals surface area contributed by atoms with Gasteiger partial charge in [0.25, 0.3) is 5.91 Å². The highest BCUT2D eigenvalue weighted by Gasteiger charge is 2.47. The summed E-state index contributed by atoms with van der Waals surface area (Å²) in [5.41, 5.74) is 0.904. The van der Waals surface area contributed by atoms with E-state index in [1.807, 2.05) is 30.3 Å². The second kappa shape index (κ2) is 8.81. The topological polar surface area (TPSA) is 80.1 Å². The Morgan fingerprint density at radius 1 is 1.13 bits per heavy atom. The molecule has 1 amide bonds. The summed E-state index contributed by atoms with van der Waals surface area (Å²) in [6.45, 7) is 4.37. The molecule has 2 fully saturated rings. The molecule has 0 saturated carbocycles. The second-order valence-electron chi connectivity index (χ2n) is 8.35. The molecule has 1 aromatic heterocycles. The maximum atomic E-state index is 13.2. The first kappa shape index (κ1) is 20.9. The summed E-state index contributed by atoms with van der Waals surface area (Å²) in [7, 11) is 2.11. The predicted octanol–water partition coefficient (Wildman–Crippen LogP) is 0.924. The van der Waals surface area contributed by atoms with Crippen molar-refractivity contribution in [3.05, 3.63) is 65.5 Å². The number of hydrogen-bond acceptors (Lipinski definition) is 6. The highest BCUT2D eigenvalue weighted by Crippen LogP contribution is 2.36. The molecule has 4 rings (SSSR count). The molecular weight excluding hydrogens is 380 g/mol. The van der Waals surface area contributed by atoms with Gasteiger partial charge in [-0.25, -0.2) is 0 Å². The molecule has 3 heterocycles. The first-order valence-electron chi connectivity index (χ1n) is 10.6. The zero-order valence-electron chi connectivity index (χ0n) is 17.4. The van der Waals surface area contributed by atoms with Crippen LogP contribution in [0.2, 0.25) is 0 Å². The van der Waals surface area contributed by atoms with E-state index in [9.17, 15) is 15.0 Å². The average molecular weight is 411 g/mol. The molecule has 2 atom stereocenters. The molecule has 2 aromatic rings. The van der Waals surface area contributed by atoms with E-state index in [0.717, 1.165) is 31.7 Å². The second-order valence-corrected chi connectivity index (χ2v) is 8.35. The molecule has 7 nitrogen and oxygen atoms in total. The minimum absolute atomic E-state index is 0.125. The van der Waals surface area contributed by atoms with Crippen LogP contribution in [0, 0.1) is 0 Å². The fraction of sp³-hybridized carbons (Fsp3) is 0.478. The zero-order valence-corrected chi connectivity index (χ0v) is 17.4. The molecule has 2 aliphatic rings. The van der Waals surface area contributed by atoms with Crippen LogP contribution in [0.25, 0.3) is 0 Å². The Morgan fingerprint density at radius 3 is 2.57 bits per heavy atom. The van der Waals surface area contributed by atoms with Crippen LogP contribution < -0.4 is 0 Å². The molecule has 1 aromatic carbocycles. The third-order valence-electron chi connectivity index (χ3n) is 6.47. The first-order chi connectivity index (χ1) is 14.5. The minimum Gasteiger partial charge on any atom is -0.392 e. The molecule has 2 saturated heterocycles. The summed E-state index contributed by atoms with van der Waals surface area (Å²) < 4.78 is 0. The fourth-order valence-corrected chi connectivity index (χ4v) is 4.57. The number of pyridine rings is 1. The summed E-state index contributed by atoms with van der Waals surface area (Å²) in [6, 6.07) is 13.0. The van der Waals surface area contributed by atoms with E-state index in [0.29, 0.717) is 30.8 Å². The van der Waals surface area contributed by atoms with Crippen molar-refractivity contribution in [1.29, 1.82) is 0 Å². The maximum Gasteiger partial charge on any atom is 0.272 e. The predicted molar refractivity (Wildman–Crippen MR) is 114 cm³/mol. The number of carbonyl (C=O) groups is 1. The van der Waals surface area contributed by atoms with Gasteiger partial charge in [0.2, 0.25) is 0 Å². The van der Waals surface area contributed by atoms with Crippen LogP contribution in [0.5, 0.6) is 0 Å². The number of piperidine rings is 1. The van der Waals surface area contributed by atoms with E-state index >= 15 is 0 Å². The first-order valence-corrected chi connectivity index (χ1v) is 10.6. The fourth-order valence-electron chi connectivity index (χ4n) is 4.57. The molecule has 2 aliphatic heterocycles. The van der Waals surface area contributed by atoms with E-state index in [-0.39, 0.29) is 18.6 Å². The number of carbonyl (C=O) groups excluding carboxylic acids is 1. The lowest BCUT2D eigenvalue weighted by molar-refractivity contribution is -0.101. The number of nitrogens with zero attached hydrogens (tertiary/aromatic N) is 4. The summed E-state index contributed by atoms with van der Waals surface area (Å²) in [5, 5.41) is 21.2. The number of rotatable bonds is 4. The van der Waals surface area contributed by atoms with Crippen molar-refractivity contribution in [3.8, 4) is 0 Å². The SMILES string of the molecule is CN1CCN([C@@H]2CN(C(=O)c3cc(CO)ccn3)CC[C@]2(O)c2ccccc2)CC1. The van der Waals surface area contributed by atoms with Crippen molar-refractivity contribution in [2.45, 2.75) is 24.7 Å². The van der Waals surface area contributed by atoms with E-state index in [2.05, 4.69) is 21.8 Å². The molecule has 7 heteroatoms. The van der Waals surface area contributed by atoms with Crippen molar-refractivity contribution >= 4 is 5.91 Å². The summed E-state index contributed by atoms with van der Waals surface area (Å²) >= 11 is 0.